The van der Waals surface area contributed by atoms with Crippen LogP contribution in [0, 0.1) is 5.41 Å². The van der Waals surface area contributed by atoms with Crippen molar-refractivity contribution in [1.82, 2.24) is 4.98 Å². The Morgan fingerprint density at radius 3 is 2.50 bits per heavy atom. The third-order valence-electron chi connectivity index (χ3n) is 2.37. The van der Waals surface area contributed by atoms with Crippen LogP contribution >= 0.6 is 0 Å². The van der Waals surface area contributed by atoms with Gasteiger partial charge in [0.2, 0.25) is 0 Å². The van der Waals surface area contributed by atoms with Crippen LogP contribution in [0.5, 0.6) is 0 Å². The predicted molar refractivity (Wildman–Crippen MR) is 54.0 cm³/mol. The molecule has 1 N–H and O–H groups in total. The Balaban J connectivity index is 2.53. The molecule has 0 aliphatic carbocycles. The van der Waals surface area contributed by atoms with Gasteiger partial charge in [-0.15, -0.1) is 0 Å². The van der Waals surface area contributed by atoms with Crippen molar-refractivity contribution in [3.05, 3.63) is 30.1 Å². The zero-order chi connectivity index (χ0) is 10.6. The van der Waals surface area contributed by atoms with Crippen molar-refractivity contribution >= 4 is 5.97 Å². The summed E-state index contributed by atoms with van der Waals surface area (Å²) in [5.74, 6) is -0.744. The molecule has 3 nitrogen and oxygen atoms in total. The van der Waals surface area contributed by atoms with Crippen molar-refractivity contribution in [3.63, 3.8) is 0 Å². The second kappa shape index (κ2) is 4.22. The number of pyridine rings is 1. The molecule has 76 valence electrons. The van der Waals surface area contributed by atoms with Gasteiger partial charge in [-0.25, -0.2) is 0 Å². The summed E-state index contributed by atoms with van der Waals surface area (Å²) < 4.78 is 0. The lowest BCUT2D eigenvalue weighted by Crippen LogP contribution is -2.24. The lowest BCUT2D eigenvalue weighted by Gasteiger charge is -2.18. The standard InChI is InChI=1S/C11H15NO2/c1-11(2,10(13)14)6-3-9-4-7-12-8-5-9/h4-5,7-8H,3,6H2,1-2H3,(H,13,14). The van der Waals surface area contributed by atoms with Crippen LogP contribution in [0.25, 0.3) is 0 Å². The van der Waals surface area contributed by atoms with Crippen LogP contribution < -0.4 is 0 Å². The lowest BCUT2D eigenvalue weighted by molar-refractivity contribution is -0.147. The fraction of sp³-hybridized carbons (Fsp3) is 0.455. The van der Waals surface area contributed by atoms with Crippen LogP contribution in [-0.4, -0.2) is 16.1 Å². The highest BCUT2D eigenvalue weighted by atomic mass is 16.4. The molecule has 1 aromatic heterocycles. The van der Waals surface area contributed by atoms with Crippen molar-refractivity contribution in [2.75, 3.05) is 0 Å². The van der Waals surface area contributed by atoms with Gasteiger partial charge in [0.1, 0.15) is 0 Å². The van der Waals surface area contributed by atoms with E-state index >= 15 is 0 Å². The third-order valence-corrected chi connectivity index (χ3v) is 2.37. The lowest BCUT2D eigenvalue weighted by atomic mass is 9.87. The van der Waals surface area contributed by atoms with Crippen molar-refractivity contribution in [2.45, 2.75) is 26.7 Å². The van der Waals surface area contributed by atoms with E-state index in [1.54, 1.807) is 26.2 Å². The molecule has 0 aromatic carbocycles. The molecule has 1 rings (SSSR count). The van der Waals surface area contributed by atoms with E-state index in [4.69, 9.17) is 5.11 Å². The minimum atomic E-state index is -0.744. The average Bonchev–Trinajstić information content (AvgIpc) is 2.16. The quantitative estimate of drug-likeness (QED) is 0.796. The molecule has 0 fully saturated rings. The third kappa shape index (κ3) is 2.83. The van der Waals surface area contributed by atoms with Crippen molar-refractivity contribution in [1.29, 1.82) is 0 Å². The van der Waals surface area contributed by atoms with E-state index in [2.05, 4.69) is 4.98 Å². The van der Waals surface area contributed by atoms with E-state index in [1.807, 2.05) is 12.1 Å². The number of aromatic nitrogens is 1. The number of rotatable bonds is 4. The molecule has 0 amide bonds. The van der Waals surface area contributed by atoms with Gasteiger partial charge in [-0.3, -0.25) is 9.78 Å². The smallest absolute Gasteiger partial charge is 0.309 e. The van der Waals surface area contributed by atoms with Gasteiger partial charge in [-0.1, -0.05) is 0 Å². The molecule has 0 aliphatic rings. The first kappa shape index (κ1) is 10.7. The maximum atomic E-state index is 10.8. The number of carbonyl (C=O) groups is 1. The van der Waals surface area contributed by atoms with Gasteiger partial charge < -0.3 is 5.11 Å². The maximum Gasteiger partial charge on any atom is 0.309 e. The SMILES string of the molecule is CC(C)(CCc1ccncc1)C(=O)O. The van der Waals surface area contributed by atoms with Crippen molar-refractivity contribution < 1.29 is 9.90 Å². The Morgan fingerprint density at radius 1 is 1.43 bits per heavy atom. The Hall–Kier alpha value is -1.38. The Bertz CT molecular complexity index is 306. The number of carboxylic acid groups (broad SMARTS) is 1. The number of hydrogen-bond donors (Lipinski definition) is 1. The van der Waals surface area contributed by atoms with Gasteiger partial charge in [0.15, 0.2) is 0 Å². The first-order valence-electron chi connectivity index (χ1n) is 4.65. The van der Waals surface area contributed by atoms with Crippen LogP contribution in [0.4, 0.5) is 0 Å². The molecule has 0 spiro atoms. The normalized spacial score (nSPS) is 11.3. The number of aryl methyl sites for hydroxylation is 1. The Labute approximate surface area is 83.8 Å². The summed E-state index contributed by atoms with van der Waals surface area (Å²) in [5.41, 5.74) is 0.484. The van der Waals surface area contributed by atoms with Crippen LogP contribution in [-0.2, 0) is 11.2 Å². The first-order chi connectivity index (χ1) is 6.52. The van der Waals surface area contributed by atoms with Crippen LogP contribution in [0.15, 0.2) is 24.5 Å². The van der Waals surface area contributed by atoms with E-state index in [1.165, 1.54) is 0 Å². The monoisotopic (exact) mass is 193 g/mol. The molecule has 0 saturated carbocycles. The van der Waals surface area contributed by atoms with Gasteiger partial charge in [-0.2, -0.15) is 0 Å². The highest BCUT2D eigenvalue weighted by Crippen LogP contribution is 2.22. The second-order valence-electron chi connectivity index (χ2n) is 4.04. The maximum absolute atomic E-state index is 10.8. The highest BCUT2D eigenvalue weighted by Gasteiger charge is 2.26. The summed E-state index contributed by atoms with van der Waals surface area (Å²) >= 11 is 0. The summed E-state index contributed by atoms with van der Waals surface area (Å²) in [6.07, 6.45) is 4.88. The highest BCUT2D eigenvalue weighted by molar-refractivity contribution is 5.73. The topological polar surface area (TPSA) is 50.2 Å². The zero-order valence-electron chi connectivity index (χ0n) is 8.53. The van der Waals surface area contributed by atoms with Gasteiger partial charge in [-0.05, 0) is 44.4 Å². The van der Waals surface area contributed by atoms with Crippen LogP contribution in [0.2, 0.25) is 0 Å². The molecular formula is C11H15NO2. The molecule has 0 unspecified atom stereocenters. The van der Waals surface area contributed by atoms with Gasteiger partial charge in [0.25, 0.3) is 0 Å². The largest absolute Gasteiger partial charge is 0.481 e. The fourth-order valence-electron chi connectivity index (χ4n) is 1.11. The molecule has 0 aliphatic heterocycles. The number of aliphatic carboxylic acids is 1. The van der Waals surface area contributed by atoms with Gasteiger partial charge >= 0.3 is 5.97 Å². The van der Waals surface area contributed by atoms with Crippen molar-refractivity contribution in [2.24, 2.45) is 5.41 Å². The molecule has 3 heteroatoms. The summed E-state index contributed by atoms with van der Waals surface area (Å²) in [5, 5.41) is 8.91. The molecule has 0 atom stereocenters. The minimum Gasteiger partial charge on any atom is -0.481 e. The summed E-state index contributed by atoms with van der Waals surface area (Å²) in [6.45, 7) is 3.49. The van der Waals surface area contributed by atoms with E-state index in [0.717, 1.165) is 12.0 Å². The molecule has 14 heavy (non-hydrogen) atoms. The number of hydrogen-bond acceptors (Lipinski definition) is 2. The molecule has 1 heterocycles. The van der Waals surface area contributed by atoms with E-state index in [-0.39, 0.29) is 0 Å². The fourth-order valence-corrected chi connectivity index (χ4v) is 1.11. The molecule has 0 radical (unpaired) electrons. The average molecular weight is 193 g/mol. The first-order valence-corrected chi connectivity index (χ1v) is 4.65. The molecule has 0 saturated heterocycles. The van der Waals surface area contributed by atoms with Gasteiger partial charge in [0, 0.05) is 12.4 Å². The summed E-state index contributed by atoms with van der Waals surface area (Å²) in [6, 6.07) is 3.83. The second-order valence-corrected chi connectivity index (χ2v) is 4.04. The van der Waals surface area contributed by atoms with Crippen LogP contribution in [0.1, 0.15) is 25.8 Å². The zero-order valence-corrected chi connectivity index (χ0v) is 8.53. The van der Waals surface area contributed by atoms with E-state index in [9.17, 15) is 4.79 Å². The Kier molecular flexibility index (Phi) is 3.23. The predicted octanol–water partition coefficient (Wildman–Crippen LogP) is 2.12. The molecule has 0 bridgehead atoms. The van der Waals surface area contributed by atoms with Crippen molar-refractivity contribution in [3.8, 4) is 0 Å². The Morgan fingerprint density at radius 2 is 2.00 bits per heavy atom. The molecule has 1 aromatic rings. The van der Waals surface area contributed by atoms with E-state index in [0.29, 0.717) is 6.42 Å². The van der Waals surface area contributed by atoms with Gasteiger partial charge in [0.05, 0.1) is 5.41 Å². The van der Waals surface area contributed by atoms with Crippen LogP contribution in [0.3, 0.4) is 0 Å². The number of nitrogens with zero attached hydrogens (tertiary/aromatic N) is 1. The number of carboxylic acids is 1. The summed E-state index contributed by atoms with van der Waals surface area (Å²) in [7, 11) is 0. The summed E-state index contributed by atoms with van der Waals surface area (Å²) in [4.78, 5) is 14.7. The van der Waals surface area contributed by atoms with E-state index < -0.39 is 11.4 Å². The molecular weight excluding hydrogens is 178 g/mol. The minimum absolute atomic E-state index is 0.645.